The van der Waals surface area contributed by atoms with Crippen molar-refractivity contribution >= 4 is 10.9 Å². The van der Waals surface area contributed by atoms with Gasteiger partial charge >= 0.3 is 0 Å². The molecular formula is C24H27FN2O. The van der Waals surface area contributed by atoms with Crippen LogP contribution in [0.3, 0.4) is 0 Å². The zero-order chi connectivity index (χ0) is 19.4. The van der Waals surface area contributed by atoms with E-state index in [0.717, 1.165) is 24.1 Å². The van der Waals surface area contributed by atoms with E-state index in [0.29, 0.717) is 19.4 Å². The Labute approximate surface area is 165 Å². The van der Waals surface area contributed by atoms with E-state index in [1.54, 1.807) is 0 Å². The van der Waals surface area contributed by atoms with Gasteiger partial charge < -0.3 is 9.72 Å². The van der Waals surface area contributed by atoms with E-state index in [1.165, 1.54) is 16.5 Å². The Kier molecular flexibility index (Phi) is 4.11. The number of H-pyrrole nitrogens is 1. The first-order valence-electron chi connectivity index (χ1n) is 10.2. The quantitative estimate of drug-likeness (QED) is 0.686. The first kappa shape index (κ1) is 17.9. The Morgan fingerprint density at radius 1 is 1.04 bits per heavy atom. The second kappa shape index (κ2) is 6.43. The van der Waals surface area contributed by atoms with Gasteiger partial charge in [0.2, 0.25) is 0 Å². The summed E-state index contributed by atoms with van der Waals surface area (Å²) in [6, 6.07) is 18.7. The number of alkyl halides is 1. The van der Waals surface area contributed by atoms with E-state index in [9.17, 15) is 0 Å². The van der Waals surface area contributed by atoms with Crippen molar-refractivity contribution in [1.29, 1.82) is 0 Å². The minimum absolute atomic E-state index is 0.307. The van der Waals surface area contributed by atoms with Crippen molar-refractivity contribution in [3.05, 3.63) is 71.4 Å². The number of hydrogen-bond acceptors (Lipinski definition) is 2. The van der Waals surface area contributed by atoms with Crippen LogP contribution in [0, 0.1) is 0 Å². The van der Waals surface area contributed by atoms with Gasteiger partial charge in [-0.3, -0.25) is 4.90 Å². The number of halogens is 1. The number of ether oxygens (including phenoxy) is 1. The number of aromatic nitrogens is 1. The van der Waals surface area contributed by atoms with E-state index in [-0.39, 0.29) is 5.54 Å². The van der Waals surface area contributed by atoms with E-state index in [2.05, 4.69) is 54.3 Å². The predicted octanol–water partition coefficient (Wildman–Crippen LogP) is 4.92. The highest BCUT2D eigenvalue weighted by atomic mass is 19.1. The van der Waals surface area contributed by atoms with E-state index < -0.39 is 11.8 Å². The molecule has 3 aromatic rings. The Hall–Kier alpha value is -2.17. The highest BCUT2D eigenvalue weighted by Gasteiger charge is 2.55. The first-order valence-corrected chi connectivity index (χ1v) is 10.2. The summed E-state index contributed by atoms with van der Waals surface area (Å²) in [5, 5.41) is 1.21. The number of aromatic amines is 1. The maximum Gasteiger partial charge on any atom is 0.139 e. The molecule has 3 atom stereocenters. The average Bonchev–Trinajstić information content (AvgIpc) is 3.11. The number of fused-ring (bicyclic) bond motifs is 4. The number of nitrogens with zero attached hydrogens (tertiary/aromatic N) is 1. The lowest BCUT2D eigenvalue weighted by Crippen LogP contribution is -2.56. The van der Waals surface area contributed by atoms with Crippen LogP contribution in [0.25, 0.3) is 10.9 Å². The van der Waals surface area contributed by atoms with Crippen molar-refractivity contribution in [2.24, 2.45) is 0 Å². The van der Waals surface area contributed by atoms with Crippen LogP contribution in [-0.4, -0.2) is 36.8 Å². The summed E-state index contributed by atoms with van der Waals surface area (Å²) >= 11 is 0. The van der Waals surface area contributed by atoms with Crippen LogP contribution in [0.15, 0.2) is 54.6 Å². The van der Waals surface area contributed by atoms with Crippen molar-refractivity contribution in [2.45, 2.75) is 43.0 Å². The lowest BCUT2D eigenvalue weighted by molar-refractivity contribution is -0.159. The summed E-state index contributed by atoms with van der Waals surface area (Å²) in [4.78, 5) is 5.72. The molecule has 3 nitrogen and oxygen atoms in total. The van der Waals surface area contributed by atoms with Crippen molar-refractivity contribution in [3.63, 3.8) is 0 Å². The maximum atomic E-state index is 16.1. The maximum absolute atomic E-state index is 16.1. The molecular weight excluding hydrogens is 351 g/mol. The van der Waals surface area contributed by atoms with E-state index in [4.69, 9.17) is 4.74 Å². The van der Waals surface area contributed by atoms with Crippen molar-refractivity contribution in [3.8, 4) is 0 Å². The van der Waals surface area contributed by atoms with Crippen molar-refractivity contribution < 1.29 is 9.13 Å². The van der Waals surface area contributed by atoms with E-state index >= 15 is 4.39 Å². The van der Waals surface area contributed by atoms with Gasteiger partial charge in [0.25, 0.3) is 0 Å². The van der Waals surface area contributed by atoms with Crippen molar-refractivity contribution in [1.82, 2.24) is 9.88 Å². The van der Waals surface area contributed by atoms with Crippen LogP contribution in [0.2, 0.25) is 0 Å². The summed E-state index contributed by atoms with van der Waals surface area (Å²) in [5.74, 6) is 0. The molecule has 28 heavy (non-hydrogen) atoms. The molecule has 1 unspecified atom stereocenters. The number of nitrogens with one attached hydrogen (secondary N) is 1. The largest absolute Gasteiger partial charge is 0.365 e. The van der Waals surface area contributed by atoms with Gasteiger partial charge in [0.15, 0.2) is 0 Å². The fourth-order valence-corrected chi connectivity index (χ4v) is 5.46. The molecule has 1 fully saturated rings. The van der Waals surface area contributed by atoms with Gasteiger partial charge in [-0.15, -0.1) is 0 Å². The van der Waals surface area contributed by atoms with Gasteiger partial charge in [0, 0.05) is 22.9 Å². The fraction of sp³-hybridized carbons (Fsp3) is 0.417. The third-order valence-corrected chi connectivity index (χ3v) is 7.05. The molecule has 0 bridgehead atoms. The number of hydrogen-bond donors (Lipinski definition) is 1. The average molecular weight is 378 g/mol. The van der Waals surface area contributed by atoms with Gasteiger partial charge in [0.05, 0.1) is 12.3 Å². The number of para-hydroxylation sites is 1. The Bertz CT molecular complexity index is 998. The second-order valence-corrected chi connectivity index (χ2v) is 8.48. The molecule has 2 aliphatic rings. The molecule has 2 aromatic carbocycles. The number of rotatable bonds is 2. The Balaban J connectivity index is 1.58. The molecule has 1 aromatic heterocycles. The van der Waals surface area contributed by atoms with Gasteiger partial charge in [-0.1, -0.05) is 48.5 Å². The molecule has 0 radical (unpaired) electrons. The molecule has 1 N–H and O–H groups in total. The van der Waals surface area contributed by atoms with Gasteiger partial charge in [-0.25, -0.2) is 4.39 Å². The summed E-state index contributed by atoms with van der Waals surface area (Å²) in [6.45, 7) is 0.579. The smallest absolute Gasteiger partial charge is 0.139 e. The zero-order valence-electron chi connectivity index (χ0n) is 16.5. The topological polar surface area (TPSA) is 28.3 Å². The third-order valence-electron chi connectivity index (χ3n) is 7.05. The van der Waals surface area contributed by atoms with Crippen LogP contribution in [0.1, 0.15) is 36.1 Å². The molecule has 1 aliphatic carbocycles. The molecule has 4 heteroatoms. The molecule has 1 spiro atoms. The van der Waals surface area contributed by atoms with Gasteiger partial charge in [0.1, 0.15) is 11.8 Å². The van der Waals surface area contributed by atoms with Gasteiger partial charge in [-0.2, -0.15) is 0 Å². The summed E-state index contributed by atoms with van der Waals surface area (Å²) in [5.41, 5.74) is 3.30. The molecule has 1 saturated carbocycles. The summed E-state index contributed by atoms with van der Waals surface area (Å²) < 4.78 is 22.4. The second-order valence-electron chi connectivity index (χ2n) is 8.48. The summed E-state index contributed by atoms with van der Waals surface area (Å²) in [6.07, 6.45) is 1.72. The molecule has 5 rings (SSSR count). The van der Waals surface area contributed by atoms with Crippen LogP contribution in [-0.2, 0) is 22.3 Å². The minimum Gasteiger partial charge on any atom is -0.365 e. The van der Waals surface area contributed by atoms with Crippen LogP contribution >= 0.6 is 0 Å². The minimum atomic E-state index is -1.07. The van der Waals surface area contributed by atoms with Crippen LogP contribution < -0.4 is 0 Å². The summed E-state index contributed by atoms with van der Waals surface area (Å²) in [7, 11) is 4.13. The normalized spacial score (nSPS) is 30.1. The lowest BCUT2D eigenvalue weighted by atomic mass is 9.67. The standard InChI is InChI=1S/C24H27FN2O/c1-27(2)23(17-8-4-3-5-9-17)13-14-24(21(25)16-23)22-19(12-15-28-24)18-10-6-7-11-20(18)26-22/h3-11,21,26H,12-16H2,1-2H3/t21?,23-,24+/m1/s1. The molecule has 0 saturated heterocycles. The molecule has 1 aliphatic heterocycles. The predicted molar refractivity (Wildman–Crippen MR) is 110 cm³/mol. The Morgan fingerprint density at radius 3 is 2.54 bits per heavy atom. The number of benzene rings is 2. The fourth-order valence-electron chi connectivity index (χ4n) is 5.46. The van der Waals surface area contributed by atoms with Crippen LogP contribution in [0.5, 0.6) is 0 Å². The van der Waals surface area contributed by atoms with E-state index in [1.807, 2.05) is 24.3 Å². The first-order chi connectivity index (χ1) is 13.6. The van der Waals surface area contributed by atoms with Crippen molar-refractivity contribution in [2.75, 3.05) is 20.7 Å². The monoisotopic (exact) mass is 378 g/mol. The SMILES string of the molecule is CN(C)[C@]1(c2ccccc2)CC[C@]2(OCCc3c2[nH]c2ccccc32)C(F)C1. The lowest BCUT2D eigenvalue weighted by Gasteiger charge is -2.52. The highest BCUT2D eigenvalue weighted by Crippen LogP contribution is 2.53. The highest BCUT2D eigenvalue weighted by molar-refractivity contribution is 5.85. The van der Waals surface area contributed by atoms with Gasteiger partial charge in [-0.05, 0) is 50.6 Å². The van der Waals surface area contributed by atoms with Crippen LogP contribution in [0.4, 0.5) is 4.39 Å². The molecule has 0 amide bonds. The Morgan fingerprint density at radius 2 is 1.79 bits per heavy atom. The molecule has 146 valence electrons. The third kappa shape index (κ3) is 2.41. The zero-order valence-corrected chi connectivity index (χ0v) is 16.5. The molecule has 2 heterocycles.